The van der Waals surface area contributed by atoms with Gasteiger partial charge in [-0.2, -0.15) is 0 Å². The Morgan fingerprint density at radius 2 is 1.69 bits per heavy atom. The highest BCUT2D eigenvalue weighted by atomic mass is 16.5. The van der Waals surface area contributed by atoms with Gasteiger partial charge < -0.3 is 19.5 Å². The minimum absolute atomic E-state index is 0.321. The summed E-state index contributed by atoms with van der Waals surface area (Å²) in [6.45, 7) is 11.1. The lowest BCUT2D eigenvalue weighted by Gasteiger charge is -2.37. The minimum atomic E-state index is -0.497. The number of ether oxygens (including phenoxy) is 2. The molecule has 1 aliphatic rings. The fourth-order valence-corrected chi connectivity index (χ4v) is 3.76. The Hall–Kier alpha value is -2.24. The van der Waals surface area contributed by atoms with E-state index >= 15 is 0 Å². The standard InChI is InChI=1S/C24H34N2O3/c1-18(2)23-10-5-19(3)15-24(23)29-17-21(27)16-25-11-13-26(14-12-25)20-6-8-22(28-4)9-7-20/h5-10,15,18,21,27H,11-14,16-17H2,1-4H3. The zero-order valence-electron chi connectivity index (χ0n) is 18.1. The van der Waals surface area contributed by atoms with E-state index in [1.807, 2.05) is 12.1 Å². The summed E-state index contributed by atoms with van der Waals surface area (Å²) in [5.41, 5.74) is 3.58. The quantitative estimate of drug-likeness (QED) is 0.735. The molecule has 2 aromatic rings. The third-order valence-electron chi connectivity index (χ3n) is 5.50. The lowest BCUT2D eigenvalue weighted by molar-refractivity contribution is 0.0659. The second kappa shape index (κ2) is 9.99. The summed E-state index contributed by atoms with van der Waals surface area (Å²) >= 11 is 0. The van der Waals surface area contributed by atoms with Gasteiger partial charge in [0.05, 0.1) is 7.11 Å². The zero-order valence-corrected chi connectivity index (χ0v) is 18.1. The van der Waals surface area contributed by atoms with Crippen molar-refractivity contribution in [3.05, 3.63) is 53.6 Å². The van der Waals surface area contributed by atoms with Crippen molar-refractivity contribution in [1.82, 2.24) is 4.90 Å². The first-order valence-corrected chi connectivity index (χ1v) is 10.5. The van der Waals surface area contributed by atoms with Crippen LogP contribution in [0.25, 0.3) is 0 Å². The molecule has 0 amide bonds. The molecule has 0 radical (unpaired) electrons. The number of aliphatic hydroxyl groups is 1. The van der Waals surface area contributed by atoms with Crippen LogP contribution in [0.2, 0.25) is 0 Å². The highest BCUT2D eigenvalue weighted by Crippen LogP contribution is 2.27. The molecular weight excluding hydrogens is 364 g/mol. The van der Waals surface area contributed by atoms with Crippen molar-refractivity contribution in [3.63, 3.8) is 0 Å². The predicted molar refractivity (Wildman–Crippen MR) is 118 cm³/mol. The van der Waals surface area contributed by atoms with E-state index in [0.717, 1.165) is 37.7 Å². The number of aryl methyl sites for hydroxylation is 1. The van der Waals surface area contributed by atoms with Crippen molar-refractivity contribution in [3.8, 4) is 11.5 Å². The largest absolute Gasteiger partial charge is 0.497 e. The molecule has 1 unspecified atom stereocenters. The van der Waals surface area contributed by atoms with Crippen LogP contribution in [0.1, 0.15) is 30.9 Å². The van der Waals surface area contributed by atoms with Crippen molar-refractivity contribution >= 4 is 5.69 Å². The van der Waals surface area contributed by atoms with E-state index in [9.17, 15) is 5.11 Å². The van der Waals surface area contributed by atoms with Crippen molar-refractivity contribution in [1.29, 1.82) is 0 Å². The van der Waals surface area contributed by atoms with E-state index in [2.05, 4.69) is 60.9 Å². The molecule has 0 bridgehead atoms. The van der Waals surface area contributed by atoms with Crippen LogP contribution in [-0.2, 0) is 0 Å². The lowest BCUT2D eigenvalue weighted by Crippen LogP contribution is -2.49. The van der Waals surface area contributed by atoms with E-state index < -0.39 is 6.10 Å². The molecule has 29 heavy (non-hydrogen) atoms. The van der Waals surface area contributed by atoms with Gasteiger partial charge in [-0.15, -0.1) is 0 Å². The molecule has 1 N–H and O–H groups in total. The number of hydrogen-bond acceptors (Lipinski definition) is 5. The Bertz CT molecular complexity index is 768. The van der Waals surface area contributed by atoms with Gasteiger partial charge in [0, 0.05) is 38.4 Å². The molecular formula is C24H34N2O3. The van der Waals surface area contributed by atoms with Crippen LogP contribution < -0.4 is 14.4 Å². The first-order chi connectivity index (χ1) is 14.0. The highest BCUT2D eigenvalue weighted by molar-refractivity contribution is 5.49. The molecule has 1 fully saturated rings. The minimum Gasteiger partial charge on any atom is -0.497 e. The summed E-state index contributed by atoms with van der Waals surface area (Å²) < 4.78 is 11.2. The summed E-state index contributed by atoms with van der Waals surface area (Å²) in [4.78, 5) is 4.69. The third-order valence-corrected chi connectivity index (χ3v) is 5.50. The van der Waals surface area contributed by atoms with E-state index in [4.69, 9.17) is 9.47 Å². The second-order valence-corrected chi connectivity index (χ2v) is 8.15. The molecule has 3 rings (SSSR count). The van der Waals surface area contributed by atoms with E-state index in [0.29, 0.717) is 19.1 Å². The number of aliphatic hydroxyl groups excluding tert-OH is 1. The molecule has 0 saturated carbocycles. The summed E-state index contributed by atoms with van der Waals surface area (Å²) in [6.07, 6.45) is -0.497. The molecule has 1 saturated heterocycles. The number of rotatable bonds is 8. The van der Waals surface area contributed by atoms with E-state index in [1.165, 1.54) is 16.8 Å². The second-order valence-electron chi connectivity index (χ2n) is 8.15. The Morgan fingerprint density at radius 1 is 1.00 bits per heavy atom. The normalized spacial score (nSPS) is 16.1. The maximum atomic E-state index is 10.5. The number of hydrogen-bond donors (Lipinski definition) is 1. The molecule has 0 spiro atoms. The molecule has 1 heterocycles. The summed E-state index contributed by atoms with van der Waals surface area (Å²) in [6, 6.07) is 14.5. The fraction of sp³-hybridized carbons (Fsp3) is 0.500. The van der Waals surface area contributed by atoms with Crippen LogP contribution in [0.5, 0.6) is 11.5 Å². The lowest BCUT2D eigenvalue weighted by atomic mass is 10.0. The van der Waals surface area contributed by atoms with Gasteiger partial charge in [0.2, 0.25) is 0 Å². The van der Waals surface area contributed by atoms with Crippen LogP contribution >= 0.6 is 0 Å². The molecule has 5 heteroatoms. The van der Waals surface area contributed by atoms with Gasteiger partial charge in [0.25, 0.3) is 0 Å². The van der Waals surface area contributed by atoms with Crippen molar-refractivity contribution in [2.24, 2.45) is 0 Å². The van der Waals surface area contributed by atoms with E-state index in [-0.39, 0.29) is 0 Å². The molecule has 5 nitrogen and oxygen atoms in total. The van der Waals surface area contributed by atoms with Crippen molar-refractivity contribution in [2.45, 2.75) is 32.8 Å². The average Bonchev–Trinajstić information content (AvgIpc) is 2.73. The fourth-order valence-electron chi connectivity index (χ4n) is 3.76. The van der Waals surface area contributed by atoms with Gasteiger partial charge in [-0.1, -0.05) is 26.0 Å². The Labute approximate surface area is 174 Å². The van der Waals surface area contributed by atoms with Gasteiger partial charge in [-0.3, -0.25) is 4.90 Å². The molecule has 158 valence electrons. The van der Waals surface area contributed by atoms with Gasteiger partial charge in [0.15, 0.2) is 0 Å². The van der Waals surface area contributed by atoms with Gasteiger partial charge in [0.1, 0.15) is 24.2 Å². The van der Waals surface area contributed by atoms with Crippen LogP contribution in [-0.4, -0.2) is 62.6 Å². The highest BCUT2D eigenvalue weighted by Gasteiger charge is 2.20. The van der Waals surface area contributed by atoms with E-state index in [1.54, 1.807) is 7.11 Å². The number of β-amino-alcohol motifs (C(OH)–C–C–N with tert-alkyl or cyclic N) is 1. The molecule has 1 atom stereocenters. The SMILES string of the molecule is COc1ccc(N2CCN(CC(O)COc3cc(C)ccc3C(C)C)CC2)cc1. The zero-order chi connectivity index (χ0) is 20.8. The maximum Gasteiger partial charge on any atom is 0.123 e. The number of anilines is 1. The van der Waals surface area contributed by atoms with Gasteiger partial charge in [-0.05, 0) is 54.3 Å². The number of piperazine rings is 1. The Kier molecular flexibility index (Phi) is 7.40. The van der Waals surface area contributed by atoms with Crippen LogP contribution in [0.15, 0.2) is 42.5 Å². The maximum absolute atomic E-state index is 10.5. The third kappa shape index (κ3) is 5.87. The van der Waals surface area contributed by atoms with Crippen molar-refractivity contribution in [2.75, 3.05) is 51.3 Å². The first-order valence-electron chi connectivity index (χ1n) is 10.5. The average molecular weight is 399 g/mol. The summed E-state index contributed by atoms with van der Waals surface area (Å²) in [5.74, 6) is 2.17. The predicted octanol–water partition coefficient (Wildman–Crippen LogP) is 3.69. The molecule has 0 aliphatic carbocycles. The van der Waals surface area contributed by atoms with Crippen LogP contribution in [0.4, 0.5) is 5.69 Å². The Morgan fingerprint density at radius 3 is 2.31 bits per heavy atom. The number of methoxy groups -OCH3 is 1. The molecule has 0 aromatic heterocycles. The monoisotopic (exact) mass is 398 g/mol. The number of nitrogens with zero attached hydrogens (tertiary/aromatic N) is 2. The molecule has 2 aromatic carbocycles. The number of benzene rings is 2. The smallest absolute Gasteiger partial charge is 0.123 e. The van der Waals surface area contributed by atoms with Crippen LogP contribution in [0, 0.1) is 6.92 Å². The summed E-state index contributed by atoms with van der Waals surface area (Å²) in [5, 5.41) is 10.5. The van der Waals surface area contributed by atoms with Crippen LogP contribution in [0.3, 0.4) is 0 Å². The summed E-state index contributed by atoms with van der Waals surface area (Å²) in [7, 11) is 1.69. The Balaban J connectivity index is 1.46. The first kappa shape index (κ1) is 21.5. The topological polar surface area (TPSA) is 45.2 Å². The molecule has 1 aliphatic heterocycles. The van der Waals surface area contributed by atoms with Gasteiger partial charge in [-0.25, -0.2) is 0 Å². The van der Waals surface area contributed by atoms with Crippen molar-refractivity contribution < 1.29 is 14.6 Å². The van der Waals surface area contributed by atoms with Gasteiger partial charge >= 0.3 is 0 Å².